The van der Waals surface area contributed by atoms with E-state index in [-0.39, 0.29) is 27.7 Å². The monoisotopic (exact) mass is 399 g/mol. The SMILES string of the molecule is O=C(CN1C(=O)c2ccccc2C1=O)Nc1ccnc2c(C(F)(F)F)cccc12. The number of hydrogen-bond acceptors (Lipinski definition) is 4. The number of carbonyl (C=O) groups is 3. The number of aromatic nitrogens is 1. The van der Waals surface area contributed by atoms with Crippen molar-refractivity contribution in [2.24, 2.45) is 0 Å². The number of hydrogen-bond donors (Lipinski definition) is 1. The molecule has 0 fully saturated rings. The third kappa shape index (κ3) is 3.20. The molecule has 0 bridgehead atoms. The van der Waals surface area contributed by atoms with E-state index in [4.69, 9.17) is 0 Å². The molecule has 1 aliphatic heterocycles. The molecule has 9 heteroatoms. The van der Waals surface area contributed by atoms with Crippen LogP contribution in [0.25, 0.3) is 10.9 Å². The minimum Gasteiger partial charge on any atom is -0.324 e. The number of para-hydroxylation sites is 1. The van der Waals surface area contributed by atoms with Crippen LogP contribution >= 0.6 is 0 Å². The average molecular weight is 399 g/mol. The predicted molar refractivity (Wildman–Crippen MR) is 97.2 cm³/mol. The van der Waals surface area contributed by atoms with Crippen LogP contribution in [-0.4, -0.2) is 34.2 Å². The minimum absolute atomic E-state index is 0.0954. The van der Waals surface area contributed by atoms with Crippen molar-refractivity contribution in [3.05, 3.63) is 71.4 Å². The van der Waals surface area contributed by atoms with Gasteiger partial charge in [0.25, 0.3) is 11.8 Å². The summed E-state index contributed by atoms with van der Waals surface area (Å²) in [6, 6.07) is 11.1. The second kappa shape index (κ2) is 6.69. The van der Waals surface area contributed by atoms with Crippen molar-refractivity contribution in [2.75, 3.05) is 11.9 Å². The van der Waals surface area contributed by atoms with Gasteiger partial charge in [-0.05, 0) is 24.3 Å². The largest absolute Gasteiger partial charge is 0.418 e. The van der Waals surface area contributed by atoms with Crippen molar-refractivity contribution in [3.8, 4) is 0 Å². The van der Waals surface area contributed by atoms with E-state index >= 15 is 0 Å². The molecular formula is C20H12F3N3O3. The summed E-state index contributed by atoms with van der Waals surface area (Å²) in [6.45, 7) is -0.560. The first-order valence-corrected chi connectivity index (χ1v) is 8.47. The van der Waals surface area contributed by atoms with Crippen molar-refractivity contribution < 1.29 is 27.6 Å². The third-order valence-corrected chi connectivity index (χ3v) is 4.53. The molecule has 3 amide bonds. The standard InChI is InChI=1S/C20H12F3N3O3/c21-20(22,23)14-7-3-6-13-15(8-9-24-17(13)14)25-16(27)10-26-18(28)11-4-1-2-5-12(11)19(26)29/h1-9H,10H2,(H,24,25,27). The van der Waals surface area contributed by atoms with Crippen molar-refractivity contribution >= 4 is 34.3 Å². The number of nitrogens with one attached hydrogen (secondary N) is 1. The number of imide groups is 1. The summed E-state index contributed by atoms with van der Waals surface area (Å²) in [6.07, 6.45) is -3.45. The van der Waals surface area contributed by atoms with E-state index in [1.807, 2.05) is 0 Å². The number of nitrogens with zero attached hydrogens (tertiary/aromatic N) is 2. The molecular weight excluding hydrogens is 387 g/mol. The molecule has 0 unspecified atom stereocenters. The van der Waals surface area contributed by atoms with Crippen molar-refractivity contribution in [2.45, 2.75) is 6.18 Å². The highest BCUT2D eigenvalue weighted by molar-refractivity contribution is 6.22. The first-order valence-electron chi connectivity index (χ1n) is 8.47. The lowest BCUT2D eigenvalue weighted by Gasteiger charge is -2.15. The van der Waals surface area contributed by atoms with Gasteiger partial charge in [0.1, 0.15) is 6.54 Å². The normalized spacial score (nSPS) is 13.7. The number of rotatable bonds is 3. The Morgan fingerprint density at radius 1 is 0.966 bits per heavy atom. The van der Waals surface area contributed by atoms with E-state index in [1.54, 1.807) is 12.1 Å². The van der Waals surface area contributed by atoms with Crippen LogP contribution in [-0.2, 0) is 11.0 Å². The average Bonchev–Trinajstić information content (AvgIpc) is 2.92. The molecule has 0 atom stereocenters. The van der Waals surface area contributed by atoms with Crippen LogP contribution in [0.4, 0.5) is 18.9 Å². The maximum Gasteiger partial charge on any atom is 0.418 e. The highest BCUT2D eigenvalue weighted by Crippen LogP contribution is 2.35. The number of anilines is 1. The first kappa shape index (κ1) is 18.6. The van der Waals surface area contributed by atoms with Crippen molar-refractivity contribution in [1.82, 2.24) is 9.88 Å². The van der Waals surface area contributed by atoms with Gasteiger partial charge in [-0.15, -0.1) is 0 Å². The van der Waals surface area contributed by atoms with Crippen LogP contribution in [0.15, 0.2) is 54.7 Å². The molecule has 29 heavy (non-hydrogen) atoms. The fourth-order valence-electron chi connectivity index (χ4n) is 3.23. The van der Waals surface area contributed by atoms with E-state index < -0.39 is 36.0 Å². The second-order valence-corrected chi connectivity index (χ2v) is 6.35. The highest BCUT2D eigenvalue weighted by Gasteiger charge is 2.36. The van der Waals surface area contributed by atoms with Gasteiger partial charge in [0.05, 0.1) is 27.9 Å². The lowest BCUT2D eigenvalue weighted by Crippen LogP contribution is -2.37. The molecule has 3 aromatic rings. The topological polar surface area (TPSA) is 79.4 Å². The van der Waals surface area contributed by atoms with Crippen molar-refractivity contribution in [3.63, 3.8) is 0 Å². The zero-order chi connectivity index (χ0) is 20.8. The Hall–Kier alpha value is -3.75. The lowest BCUT2D eigenvalue weighted by molar-refractivity contribution is -0.136. The molecule has 4 rings (SSSR count). The highest BCUT2D eigenvalue weighted by atomic mass is 19.4. The van der Waals surface area contributed by atoms with Gasteiger partial charge in [-0.25, -0.2) is 0 Å². The van der Waals surface area contributed by atoms with Gasteiger partial charge < -0.3 is 5.32 Å². The summed E-state index contributed by atoms with van der Waals surface area (Å²) in [5.74, 6) is -1.91. The molecule has 0 radical (unpaired) electrons. The quantitative estimate of drug-likeness (QED) is 0.684. The predicted octanol–water partition coefficient (Wildman–Crippen LogP) is 3.49. The summed E-state index contributed by atoms with van der Waals surface area (Å²) in [4.78, 5) is 41.7. The maximum atomic E-state index is 13.2. The van der Waals surface area contributed by atoms with Crippen LogP contribution in [0.3, 0.4) is 0 Å². The Kier molecular flexibility index (Phi) is 4.30. The van der Waals surface area contributed by atoms with Crippen molar-refractivity contribution in [1.29, 1.82) is 0 Å². The molecule has 6 nitrogen and oxygen atoms in total. The number of pyridine rings is 1. The zero-order valence-electron chi connectivity index (χ0n) is 14.7. The van der Waals surface area contributed by atoms with Crippen LogP contribution in [0.5, 0.6) is 0 Å². The molecule has 0 saturated carbocycles. The minimum atomic E-state index is -4.60. The molecule has 2 aromatic carbocycles. The first-order chi connectivity index (χ1) is 13.8. The van der Waals surface area contributed by atoms with E-state index in [9.17, 15) is 27.6 Å². The molecule has 0 aliphatic carbocycles. The van der Waals surface area contributed by atoms with Crippen LogP contribution in [0, 0.1) is 0 Å². The Labute approximate surface area is 161 Å². The number of benzene rings is 2. The summed E-state index contributed by atoms with van der Waals surface area (Å²) in [5, 5.41) is 2.56. The van der Waals surface area contributed by atoms with Gasteiger partial charge in [0.15, 0.2) is 0 Å². The summed E-state index contributed by atoms with van der Waals surface area (Å²) in [7, 11) is 0. The number of fused-ring (bicyclic) bond motifs is 2. The van der Waals surface area contributed by atoms with Gasteiger partial charge in [0.2, 0.25) is 5.91 Å². The summed E-state index contributed by atoms with van der Waals surface area (Å²) in [5.41, 5.74) is -0.725. The number of alkyl halides is 3. The van der Waals surface area contributed by atoms with Gasteiger partial charge in [0, 0.05) is 11.6 Å². The Bertz CT molecular complexity index is 1140. The smallest absolute Gasteiger partial charge is 0.324 e. The third-order valence-electron chi connectivity index (χ3n) is 4.53. The van der Waals surface area contributed by atoms with E-state index in [0.29, 0.717) is 0 Å². The number of carbonyl (C=O) groups excluding carboxylic acids is 3. The zero-order valence-corrected chi connectivity index (χ0v) is 14.7. The molecule has 1 aromatic heterocycles. The lowest BCUT2D eigenvalue weighted by atomic mass is 10.1. The van der Waals surface area contributed by atoms with E-state index in [2.05, 4.69) is 10.3 Å². The van der Waals surface area contributed by atoms with Gasteiger partial charge in [-0.2, -0.15) is 13.2 Å². The van der Waals surface area contributed by atoms with Crippen LogP contribution < -0.4 is 5.32 Å². The number of amides is 3. The Morgan fingerprint density at radius 2 is 1.62 bits per heavy atom. The molecule has 146 valence electrons. The fourth-order valence-corrected chi connectivity index (χ4v) is 3.23. The van der Waals surface area contributed by atoms with Gasteiger partial charge >= 0.3 is 6.18 Å². The molecule has 1 N–H and O–H groups in total. The molecule has 0 saturated heterocycles. The molecule has 1 aliphatic rings. The molecule has 2 heterocycles. The van der Waals surface area contributed by atoms with Crippen LogP contribution in [0.1, 0.15) is 26.3 Å². The van der Waals surface area contributed by atoms with E-state index in [0.717, 1.165) is 17.2 Å². The summed E-state index contributed by atoms with van der Waals surface area (Å²) >= 11 is 0. The maximum absolute atomic E-state index is 13.2. The Balaban J connectivity index is 1.59. The van der Waals surface area contributed by atoms with Crippen LogP contribution in [0.2, 0.25) is 0 Å². The van der Waals surface area contributed by atoms with E-state index in [1.165, 1.54) is 30.3 Å². The molecule has 0 spiro atoms. The second-order valence-electron chi connectivity index (χ2n) is 6.35. The Morgan fingerprint density at radius 3 is 2.24 bits per heavy atom. The summed E-state index contributed by atoms with van der Waals surface area (Å²) < 4.78 is 39.6. The fraction of sp³-hybridized carbons (Fsp3) is 0.100. The number of halogens is 3. The van der Waals surface area contributed by atoms with Gasteiger partial charge in [-0.3, -0.25) is 24.3 Å². The van der Waals surface area contributed by atoms with Gasteiger partial charge in [-0.1, -0.05) is 24.3 Å².